The summed E-state index contributed by atoms with van der Waals surface area (Å²) in [6, 6.07) is 7.28. The second-order valence-corrected chi connectivity index (χ2v) is 5.14. The van der Waals surface area contributed by atoms with Gasteiger partial charge in [-0.25, -0.2) is 4.79 Å². The average molecular weight is 288 g/mol. The van der Waals surface area contributed by atoms with Crippen molar-refractivity contribution in [2.75, 3.05) is 0 Å². The van der Waals surface area contributed by atoms with Crippen LogP contribution in [-0.4, -0.2) is 20.9 Å². The first-order chi connectivity index (χ1) is 10.0. The fraction of sp³-hybridized carbons (Fsp3) is 0.375. The molecular formula is C16H20N2O3. The Kier molecular flexibility index (Phi) is 4.62. The number of ether oxygens (including phenoxy) is 1. The molecule has 1 unspecified atom stereocenters. The number of aryl methyl sites for hydroxylation is 1. The van der Waals surface area contributed by atoms with Gasteiger partial charge < -0.3 is 9.84 Å². The van der Waals surface area contributed by atoms with E-state index in [0.29, 0.717) is 11.8 Å². The van der Waals surface area contributed by atoms with Gasteiger partial charge in [0.1, 0.15) is 17.9 Å². The zero-order chi connectivity index (χ0) is 15.4. The summed E-state index contributed by atoms with van der Waals surface area (Å²) >= 11 is 0. The highest BCUT2D eigenvalue weighted by atomic mass is 16.5. The molecule has 2 rings (SSSR count). The molecule has 1 N–H and O–H groups in total. The zero-order valence-electron chi connectivity index (χ0n) is 12.5. The maximum absolute atomic E-state index is 11.2. The summed E-state index contributed by atoms with van der Waals surface area (Å²) in [7, 11) is 0. The van der Waals surface area contributed by atoms with Crippen molar-refractivity contribution in [2.24, 2.45) is 0 Å². The highest BCUT2D eigenvalue weighted by molar-refractivity contribution is 5.90. The van der Waals surface area contributed by atoms with E-state index in [0.717, 1.165) is 17.7 Å². The number of hydrogen-bond donors (Lipinski definition) is 1. The van der Waals surface area contributed by atoms with Crippen molar-refractivity contribution in [1.82, 2.24) is 9.78 Å². The summed E-state index contributed by atoms with van der Waals surface area (Å²) in [5, 5.41) is 13.6. The molecule has 1 atom stereocenters. The van der Waals surface area contributed by atoms with Gasteiger partial charge in [-0.1, -0.05) is 13.0 Å². The number of benzene rings is 1. The summed E-state index contributed by atoms with van der Waals surface area (Å²) in [5.41, 5.74) is 1.91. The Bertz CT molecular complexity index is 634. The van der Waals surface area contributed by atoms with Gasteiger partial charge in [-0.05, 0) is 44.0 Å². The summed E-state index contributed by atoms with van der Waals surface area (Å²) in [4.78, 5) is 11.2. The minimum atomic E-state index is -0.991. The maximum atomic E-state index is 11.2. The quantitative estimate of drug-likeness (QED) is 0.884. The van der Waals surface area contributed by atoms with Gasteiger partial charge in [-0.15, -0.1) is 0 Å². The van der Waals surface area contributed by atoms with Gasteiger partial charge in [-0.2, -0.15) is 5.10 Å². The molecule has 2 aromatic rings. The van der Waals surface area contributed by atoms with E-state index in [4.69, 9.17) is 9.84 Å². The van der Waals surface area contributed by atoms with E-state index in [9.17, 15) is 4.79 Å². The number of aromatic carboxylic acids is 1. The number of nitrogens with zero attached hydrogens (tertiary/aromatic N) is 2. The minimum Gasteiger partial charge on any atom is -0.486 e. The fourth-order valence-electron chi connectivity index (χ4n) is 1.96. The van der Waals surface area contributed by atoms with Crippen molar-refractivity contribution in [2.45, 2.75) is 39.8 Å². The number of rotatable bonds is 6. The molecule has 5 nitrogen and oxygen atoms in total. The van der Waals surface area contributed by atoms with Crippen LogP contribution in [0, 0.1) is 6.92 Å². The molecule has 112 valence electrons. The zero-order valence-corrected chi connectivity index (χ0v) is 12.5. The third-order valence-corrected chi connectivity index (χ3v) is 3.45. The van der Waals surface area contributed by atoms with Crippen LogP contribution in [-0.2, 0) is 6.61 Å². The lowest BCUT2D eigenvalue weighted by molar-refractivity contribution is 0.0691. The molecule has 0 bridgehead atoms. The average Bonchev–Trinajstić information content (AvgIpc) is 2.93. The standard InChI is InChI=1S/C16H20N2O3/c1-4-12(3)18-8-7-13(17-18)10-21-15-9-11(2)5-6-14(15)16(19)20/h5-9,12H,4,10H2,1-3H3,(H,19,20). The SMILES string of the molecule is CCC(C)n1ccc(COc2cc(C)ccc2C(=O)O)n1. The number of carboxylic acids is 1. The van der Waals surface area contributed by atoms with E-state index in [1.807, 2.05) is 23.9 Å². The van der Waals surface area contributed by atoms with Gasteiger partial charge in [0.25, 0.3) is 0 Å². The van der Waals surface area contributed by atoms with Crippen molar-refractivity contribution >= 4 is 5.97 Å². The van der Waals surface area contributed by atoms with Crippen LogP contribution in [0.2, 0.25) is 0 Å². The second-order valence-electron chi connectivity index (χ2n) is 5.14. The van der Waals surface area contributed by atoms with Gasteiger partial charge in [0.05, 0.1) is 5.69 Å². The van der Waals surface area contributed by atoms with Crippen molar-refractivity contribution in [3.63, 3.8) is 0 Å². The van der Waals surface area contributed by atoms with Crippen molar-refractivity contribution in [3.8, 4) is 5.75 Å². The molecule has 0 spiro atoms. The molecule has 5 heteroatoms. The number of aromatic nitrogens is 2. The first kappa shape index (κ1) is 15.1. The molecule has 0 aliphatic carbocycles. The third-order valence-electron chi connectivity index (χ3n) is 3.45. The normalized spacial score (nSPS) is 12.1. The van der Waals surface area contributed by atoms with Gasteiger partial charge in [-0.3, -0.25) is 4.68 Å². The summed E-state index contributed by atoms with van der Waals surface area (Å²) in [5.74, 6) is -0.615. The largest absolute Gasteiger partial charge is 0.486 e. The first-order valence-electron chi connectivity index (χ1n) is 7.02. The Morgan fingerprint density at radius 3 is 2.86 bits per heavy atom. The smallest absolute Gasteiger partial charge is 0.339 e. The molecule has 1 aromatic heterocycles. The van der Waals surface area contributed by atoms with Crippen molar-refractivity contribution in [3.05, 3.63) is 47.3 Å². The van der Waals surface area contributed by atoms with Crippen LogP contribution >= 0.6 is 0 Å². The summed E-state index contributed by atoms with van der Waals surface area (Å²) in [6.07, 6.45) is 2.92. The van der Waals surface area contributed by atoms with Gasteiger partial charge >= 0.3 is 5.97 Å². The maximum Gasteiger partial charge on any atom is 0.339 e. The highest BCUT2D eigenvalue weighted by Crippen LogP contribution is 2.21. The molecule has 0 aliphatic rings. The second kappa shape index (κ2) is 6.43. The van der Waals surface area contributed by atoms with E-state index in [1.165, 1.54) is 0 Å². The lowest BCUT2D eigenvalue weighted by Crippen LogP contribution is -2.07. The molecule has 0 fully saturated rings. The van der Waals surface area contributed by atoms with Crippen molar-refractivity contribution in [1.29, 1.82) is 0 Å². The molecule has 0 radical (unpaired) electrons. The molecule has 1 heterocycles. The fourth-order valence-corrected chi connectivity index (χ4v) is 1.96. The van der Waals surface area contributed by atoms with Crippen LogP contribution in [0.1, 0.15) is 47.9 Å². The van der Waals surface area contributed by atoms with E-state index in [2.05, 4.69) is 18.9 Å². The topological polar surface area (TPSA) is 64.3 Å². The van der Waals surface area contributed by atoms with Crippen LogP contribution < -0.4 is 4.74 Å². The Balaban J connectivity index is 2.11. The minimum absolute atomic E-state index is 0.168. The lowest BCUT2D eigenvalue weighted by Gasteiger charge is -2.10. The van der Waals surface area contributed by atoms with E-state index in [1.54, 1.807) is 18.2 Å². The number of carboxylic acid groups (broad SMARTS) is 1. The number of carbonyl (C=O) groups is 1. The van der Waals surface area contributed by atoms with Crippen molar-refractivity contribution < 1.29 is 14.6 Å². The Hall–Kier alpha value is -2.30. The molecule has 0 amide bonds. The van der Waals surface area contributed by atoms with Gasteiger partial charge in [0.15, 0.2) is 0 Å². The van der Waals surface area contributed by atoms with Crippen LogP contribution in [0.25, 0.3) is 0 Å². The van der Waals surface area contributed by atoms with Crippen LogP contribution in [0.4, 0.5) is 0 Å². The predicted molar refractivity (Wildman–Crippen MR) is 79.7 cm³/mol. The molecule has 21 heavy (non-hydrogen) atoms. The van der Waals surface area contributed by atoms with E-state index in [-0.39, 0.29) is 12.2 Å². The van der Waals surface area contributed by atoms with Crippen LogP contribution in [0.5, 0.6) is 5.75 Å². The number of hydrogen-bond acceptors (Lipinski definition) is 3. The first-order valence-corrected chi connectivity index (χ1v) is 7.02. The molecule has 1 aromatic carbocycles. The lowest BCUT2D eigenvalue weighted by atomic mass is 10.1. The van der Waals surface area contributed by atoms with E-state index < -0.39 is 5.97 Å². The van der Waals surface area contributed by atoms with Gasteiger partial charge in [0, 0.05) is 12.2 Å². The monoisotopic (exact) mass is 288 g/mol. The Labute approximate surface area is 124 Å². The Morgan fingerprint density at radius 2 is 2.19 bits per heavy atom. The molecular weight excluding hydrogens is 268 g/mol. The summed E-state index contributed by atoms with van der Waals surface area (Å²) in [6.45, 7) is 6.36. The highest BCUT2D eigenvalue weighted by Gasteiger charge is 2.12. The summed E-state index contributed by atoms with van der Waals surface area (Å²) < 4.78 is 7.53. The van der Waals surface area contributed by atoms with Gasteiger partial charge in [0.2, 0.25) is 0 Å². The molecule has 0 saturated heterocycles. The third kappa shape index (κ3) is 3.62. The molecule has 0 aliphatic heterocycles. The van der Waals surface area contributed by atoms with Crippen LogP contribution in [0.15, 0.2) is 30.5 Å². The predicted octanol–water partition coefficient (Wildman–Crippen LogP) is 3.44. The molecule has 0 saturated carbocycles. The Morgan fingerprint density at radius 1 is 1.43 bits per heavy atom. The van der Waals surface area contributed by atoms with E-state index >= 15 is 0 Å². The van der Waals surface area contributed by atoms with Crippen LogP contribution in [0.3, 0.4) is 0 Å².